The van der Waals surface area contributed by atoms with Crippen molar-refractivity contribution in [1.82, 2.24) is 4.57 Å². The van der Waals surface area contributed by atoms with Gasteiger partial charge in [0, 0.05) is 9.50 Å². The molecule has 1 atom stereocenters. The molecule has 0 saturated carbocycles. The average Bonchev–Trinajstić information content (AvgIpc) is 3.15. The average molecular weight is 592 g/mol. The molecule has 1 aromatic heterocycles. The molecule has 1 aliphatic rings. The summed E-state index contributed by atoms with van der Waals surface area (Å²) < 4.78 is 19.2. The number of carbonyl (C=O) groups is 1. The van der Waals surface area contributed by atoms with E-state index < -0.39 is 12.0 Å². The molecule has 0 spiro atoms. The maximum atomic E-state index is 13.8. The van der Waals surface area contributed by atoms with Gasteiger partial charge < -0.3 is 14.2 Å². The van der Waals surface area contributed by atoms with Gasteiger partial charge in [0.1, 0.15) is 0 Å². The zero-order valence-corrected chi connectivity index (χ0v) is 23.3. The Bertz CT molecular complexity index is 1530. The Morgan fingerprint density at radius 3 is 2.56 bits per heavy atom. The van der Waals surface area contributed by atoms with Crippen molar-refractivity contribution in [1.29, 1.82) is 0 Å². The fourth-order valence-electron chi connectivity index (χ4n) is 3.98. The van der Waals surface area contributed by atoms with Crippen molar-refractivity contribution in [2.45, 2.75) is 26.8 Å². The zero-order valence-electron chi connectivity index (χ0n) is 20.1. The molecule has 3 aromatic rings. The maximum Gasteiger partial charge on any atom is 0.338 e. The van der Waals surface area contributed by atoms with Crippen LogP contribution in [-0.2, 0) is 9.53 Å². The summed E-state index contributed by atoms with van der Waals surface area (Å²) in [5.74, 6) is 0.647. The van der Waals surface area contributed by atoms with Crippen LogP contribution in [0.4, 0.5) is 0 Å². The lowest BCUT2D eigenvalue weighted by Gasteiger charge is -2.24. The van der Waals surface area contributed by atoms with Gasteiger partial charge in [0.05, 0.1) is 42.2 Å². The fourth-order valence-corrected chi connectivity index (χ4v) is 5.58. The Kier molecular flexibility index (Phi) is 8.02. The van der Waals surface area contributed by atoms with E-state index >= 15 is 0 Å². The van der Waals surface area contributed by atoms with Crippen molar-refractivity contribution in [3.8, 4) is 11.5 Å². The number of esters is 1. The highest BCUT2D eigenvalue weighted by Crippen LogP contribution is 2.34. The van der Waals surface area contributed by atoms with E-state index in [9.17, 15) is 9.59 Å². The van der Waals surface area contributed by atoms with Crippen LogP contribution in [0.25, 0.3) is 6.08 Å². The van der Waals surface area contributed by atoms with Gasteiger partial charge in [-0.15, -0.1) is 0 Å². The highest BCUT2D eigenvalue weighted by molar-refractivity contribution is 9.10. The van der Waals surface area contributed by atoms with Crippen LogP contribution in [-0.4, -0.2) is 30.9 Å². The van der Waals surface area contributed by atoms with Crippen LogP contribution >= 0.6 is 38.9 Å². The quantitative estimate of drug-likeness (QED) is 0.375. The number of hydrogen-bond acceptors (Lipinski definition) is 7. The van der Waals surface area contributed by atoms with Gasteiger partial charge in [-0.2, -0.15) is 0 Å². The first-order valence-electron chi connectivity index (χ1n) is 11.2. The minimum atomic E-state index is -0.696. The van der Waals surface area contributed by atoms with Crippen molar-refractivity contribution in [3.63, 3.8) is 0 Å². The van der Waals surface area contributed by atoms with Crippen LogP contribution in [0, 0.1) is 0 Å². The van der Waals surface area contributed by atoms with Crippen LogP contribution in [0.1, 0.15) is 37.9 Å². The van der Waals surface area contributed by atoms with Gasteiger partial charge in [0.25, 0.3) is 5.56 Å². The molecule has 2 heterocycles. The predicted octanol–water partition coefficient (Wildman–Crippen LogP) is 4.62. The third kappa shape index (κ3) is 5.00. The van der Waals surface area contributed by atoms with Gasteiger partial charge in [0.2, 0.25) is 0 Å². The van der Waals surface area contributed by atoms with Crippen LogP contribution in [0.3, 0.4) is 0 Å². The molecule has 0 amide bonds. The number of hydrogen-bond donors (Lipinski definition) is 0. The van der Waals surface area contributed by atoms with E-state index in [4.69, 9.17) is 25.8 Å². The van der Waals surface area contributed by atoms with Crippen molar-refractivity contribution >= 4 is 50.9 Å². The van der Waals surface area contributed by atoms with Crippen LogP contribution in [0.5, 0.6) is 11.5 Å². The van der Waals surface area contributed by atoms with Crippen molar-refractivity contribution in [2.24, 2.45) is 4.99 Å². The Morgan fingerprint density at radius 1 is 1.19 bits per heavy atom. The molecule has 188 valence electrons. The standard InChI is InChI=1S/C26H24BrClN2O5S/c1-5-34-20-11-16(18(27)13-19(20)33-4)12-21-24(31)30-23(15-7-9-17(28)10-8-15)22(25(32)35-6-2)14(3)29-26(30)36-21/h7-13,23H,5-6H2,1-4H3/b21-12+. The van der Waals surface area contributed by atoms with Gasteiger partial charge in [-0.05, 0) is 62.2 Å². The molecular weight excluding hydrogens is 568 g/mol. The van der Waals surface area contributed by atoms with E-state index in [1.165, 1.54) is 11.3 Å². The molecule has 0 bridgehead atoms. The Labute approximate surface area is 225 Å². The Hall–Kier alpha value is -2.88. The number of carbonyl (C=O) groups excluding carboxylic acids is 1. The first-order chi connectivity index (χ1) is 17.3. The topological polar surface area (TPSA) is 79.1 Å². The number of ether oxygens (including phenoxy) is 3. The minimum absolute atomic E-state index is 0.209. The summed E-state index contributed by atoms with van der Waals surface area (Å²) in [6, 6.07) is 9.98. The summed E-state index contributed by atoms with van der Waals surface area (Å²) in [5.41, 5.74) is 2.03. The number of methoxy groups -OCH3 is 1. The third-order valence-electron chi connectivity index (χ3n) is 5.57. The van der Waals surface area contributed by atoms with Crippen LogP contribution in [0.15, 0.2) is 61.9 Å². The molecule has 2 aromatic carbocycles. The second kappa shape index (κ2) is 11.0. The smallest absolute Gasteiger partial charge is 0.338 e. The third-order valence-corrected chi connectivity index (χ3v) is 7.49. The molecule has 0 saturated heterocycles. The van der Waals surface area contributed by atoms with Crippen molar-refractivity contribution in [2.75, 3.05) is 20.3 Å². The van der Waals surface area contributed by atoms with E-state index in [0.717, 1.165) is 15.6 Å². The lowest BCUT2D eigenvalue weighted by molar-refractivity contribution is -0.139. The molecule has 0 aliphatic carbocycles. The summed E-state index contributed by atoms with van der Waals surface area (Å²) in [6.45, 7) is 6.06. The normalized spacial score (nSPS) is 15.4. The number of halogens is 2. The molecule has 10 heteroatoms. The number of aromatic nitrogens is 1. The fraction of sp³-hybridized carbons (Fsp3) is 0.269. The number of allylic oxidation sites excluding steroid dienone is 1. The first kappa shape index (κ1) is 26.2. The molecule has 4 rings (SSSR count). The van der Waals surface area contributed by atoms with Gasteiger partial charge in [-0.3, -0.25) is 9.36 Å². The Morgan fingerprint density at radius 2 is 1.92 bits per heavy atom. The largest absolute Gasteiger partial charge is 0.493 e. The number of benzene rings is 2. The number of rotatable bonds is 7. The Balaban J connectivity index is 1.94. The van der Waals surface area contributed by atoms with Crippen molar-refractivity contribution in [3.05, 3.63) is 88.0 Å². The summed E-state index contributed by atoms with van der Waals surface area (Å²) >= 11 is 10.9. The molecule has 7 nitrogen and oxygen atoms in total. The monoisotopic (exact) mass is 590 g/mol. The van der Waals surface area contributed by atoms with E-state index in [1.807, 2.05) is 13.0 Å². The lowest BCUT2D eigenvalue weighted by Crippen LogP contribution is -2.39. The number of fused-ring (bicyclic) bond motifs is 1. The highest BCUT2D eigenvalue weighted by atomic mass is 79.9. The summed E-state index contributed by atoms with van der Waals surface area (Å²) in [6.07, 6.45) is 1.78. The van der Waals surface area contributed by atoms with E-state index in [1.54, 1.807) is 61.9 Å². The molecular formula is C26H24BrClN2O5S. The second-order valence-corrected chi connectivity index (χ2v) is 10.1. The molecule has 1 aliphatic heterocycles. The highest BCUT2D eigenvalue weighted by Gasteiger charge is 2.33. The van der Waals surface area contributed by atoms with Crippen molar-refractivity contribution < 1.29 is 19.0 Å². The minimum Gasteiger partial charge on any atom is -0.493 e. The van der Waals surface area contributed by atoms with Gasteiger partial charge in [0.15, 0.2) is 16.3 Å². The zero-order chi connectivity index (χ0) is 26.0. The summed E-state index contributed by atoms with van der Waals surface area (Å²) in [7, 11) is 1.57. The molecule has 0 N–H and O–H groups in total. The van der Waals surface area contributed by atoms with Crippen LogP contribution in [0.2, 0.25) is 5.02 Å². The lowest BCUT2D eigenvalue weighted by atomic mass is 9.96. The second-order valence-electron chi connectivity index (χ2n) is 7.81. The van der Waals surface area contributed by atoms with Gasteiger partial charge in [-0.25, -0.2) is 9.79 Å². The summed E-state index contributed by atoms with van der Waals surface area (Å²) in [5, 5.41) is 0.555. The molecule has 1 unspecified atom stereocenters. The van der Waals surface area contributed by atoms with E-state index in [-0.39, 0.29) is 12.2 Å². The van der Waals surface area contributed by atoms with Gasteiger partial charge >= 0.3 is 5.97 Å². The summed E-state index contributed by atoms with van der Waals surface area (Å²) in [4.78, 5) is 31.8. The van der Waals surface area contributed by atoms with E-state index in [2.05, 4.69) is 20.9 Å². The maximum absolute atomic E-state index is 13.8. The first-order valence-corrected chi connectivity index (χ1v) is 13.2. The molecule has 0 radical (unpaired) electrons. The molecule has 0 fully saturated rings. The number of nitrogens with zero attached hydrogens (tertiary/aromatic N) is 2. The van der Waals surface area contributed by atoms with Crippen LogP contribution < -0.4 is 24.4 Å². The number of thiazole rings is 1. The van der Waals surface area contributed by atoms with Gasteiger partial charge in [-0.1, -0.05) is 51.0 Å². The molecule has 36 heavy (non-hydrogen) atoms. The SMILES string of the molecule is CCOC(=O)C1=C(C)N=c2s/c(=C/c3cc(OCC)c(OC)cc3Br)c(=O)n2C1c1ccc(Cl)cc1. The predicted molar refractivity (Wildman–Crippen MR) is 144 cm³/mol. The van der Waals surface area contributed by atoms with E-state index in [0.29, 0.717) is 43.7 Å².